The van der Waals surface area contributed by atoms with Crippen LogP contribution in [-0.4, -0.2) is 30.3 Å². The van der Waals surface area contributed by atoms with E-state index in [0.29, 0.717) is 12.6 Å². The summed E-state index contributed by atoms with van der Waals surface area (Å²) in [6.45, 7) is 8.67. The molecule has 1 rings (SSSR count). The lowest BCUT2D eigenvalue weighted by Crippen LogP contribution is -2.45. The van der Waals surface area contributed by atoms with Gasteiger partial charge in [-0.2, -0.15) is 0 Å². The number of halogens is 1. The summed E-state index contributed by atoms with van der Waals surface area (Å²) in [6.07, 6.45) is 0. The summed E-state index contributed by atoms with van der Waals surface area (Å²) in [6, 6.07) is 5.11. The van der Waals surface area contributed by atoms with Gasteiger partial charge in [0.05, 0.1) is 12.1 Å². The van der Waals surface area contributed by atoms with E-state index < -0.39 is 0 Å². The zero-order valence-electron chi connectivity index (χ0n) is 12.5. The molecule has 0 radical (unpaired) electrons. The Morgan fingerprint density at radius 1 is 1.37 bits per heavy atom. The highest BCUT2D eigenvalue weighted by molar-refractivity contribution is 5.55. The molecule has 0 aliphatic heterocycles. The van der Waals surface area contributed by atoms with Crippen molar-refractivity contribution in [2.45, 2.75) is 45.8 Å². The van der Waals surface area contributed by atoms with Gasteiger partial charge in [-0.15, -0.1) is 0 Å². The Hall–Kier alpha value is -1.13. The van der Waals surface area contributed by atoms with Gasteiger partial charge in [0.15, 0.2) is 0 Å². The fourth-order valence-electron chi connectivity index (χ4n) is 1.77. The number of nitrogens with zero attached hydrogens (tertiary/aromatic N) is 1. The number of hydrogen-bond acceptors (Lipinski definition) is 3. The van der Waals surface area contributed by atoms with Crippen molar-refractivity contribution in [1.29, 1.82) is 0 Å². The van der Waals surface area contributed by atoms with Crippen LogP contribution in [-0.2, 0) is 6.54 Å². The molecule has 108 valence electrons. The Morgan fingerprint density at radius 3 is 2.53 bits per heavy atom. The second kappa shape index (κ2) is 6.35. The molecule has 2 N–H and O–H groups in total. The molecule has 0 saturated heterocycles. The number of aliphatic hydroxyl groups is 1. The third-order valence-electron chi connectivity index (χ3n) is 3.40. The van der Waals surface area contributed by atoms with Crippen LogP contribution in [0.5, 0.6) is 0 Å². The maximum Gasteiger partial charge on any atom is 0.123 e. The molecule has 0 bridgehead atoms. The minimum Gasteiger partial charge on any atom is -0.394 e. The van der Waals surface area contributed by atoms with Crippen molar-refractivity contribution < 1.29 is 9.50 Å². The first-order valence-electron chi connectivity index (χ1n) is 6.64. The molecule has 0 spiro atoms. The van der Waals surface area contributed by atoms with Gasteiger partial charge in [0.25, 0.3) is 0 Å². The van der Waals surface area contributed by atoms with Crippen LogP contribution < -0.4 is 10.2 Å². The Kier molecular flexibility index (Phi) is 5.32. The van der Waals surface area contributed by atoms with E-state index >= 15 is 0 Å². The highest BCUT2D eigenvalue weighted by Crippen LogP contribution is 2.26. The third-order valence-corrected chi connectivity index (χ3v) is 3.40. The molecule has 0 aliphatic rings. The van der Waals surface area contributed by atoms with Gasteiger partial charge < -0.3 is 15.3 Å². The first-order chi connectivity index (χ1) is 8.77. The van der Waals surface area contributed by atoms with Crippen LogP contribution >= 0.6 is 0 Å². The lowest BCUT2D eigenvalue weighted by molar-refractivity contribution is 0.216. The number of benzene rings is 1. The highest BCUT2D eigenvalue weighted by atomic mass is 19.1. The van der Waals surface area contributed by atoms with E-state index in [-0.39, 0.29) is 18.0 Å². The molecule has 19 heavy (non-hydrogen) atoms. The minimum atomic E-state index is -0.385. The standard InChI is InChI=1S/C15H25FN2O/c1-11(2)17-9-12-8-13(16)6-7-14(12)18(5)15(3,4)10-19/h6-8,11,17,19H,9-10H2,1-5H3. The van der Waals surface area contributed by atoms with E-state index in [0.717, 1.165) is 11.3 Å². The maximum absolute atomic E-state index is 13.4. The Labute approximate surface area is 115 Å². The zero-order valence-corrected chi connectivity index (χ0v) is 12.5. The summed E-state index contributed by atoms with van der Waals surface area (Å²) < 4.78 is 13.4. The van der Waals surface area contributed by atoms with Crippen molar-refractivity contribution in [3.8, 4) is 0 Å². The molecule has 0 aliphatic carbocycles. The molecule has 1 aromatic carbocycles. The monoisotopic (exact) mass is 268 g/mol. The number of anilines is 1. The molecule has 0 atom stereocenters. The van der Waals surface area contributed by atoms with Gasteiger partial charge >= 0.3 is 0 Å². The van der Waals surface area contributed by atoms with Crippen LogP contribution in [0.1, 0.15) is 33.3 Å². The third kappa shape index (κ3) is 4.18. The highest BCUT2D eigenvalue weighted by Gasteiger charge is 2.24. The summed E-state index contributed by atoms with van der Waals surface area (Å²) in [5.41, 5.74) is 1.45. The van der Waals surface area contributed by atoms with E-state index in [1.54, 1.807) is 12.1 Å². The number of hydrogen-bond donors (Lipinski definition) is 2. The first kappa shape index (κ1) is 15.9. The second-order valence-electron chi connectivity index (χ2n) is 5.84. The van der Waals surface area contributed by atoms with Gasteiger partial charge in [-0.05, 0) is 37.6 Å². The van der Waals surface area contributed by atoms with Crippen molar-refractivity contribution in [2.24, 2.45) is 0 Å². The number of likely N-dealkylation sites (N-methyl/N-ethyl adjacent to an activating group) is 1. The van der Waals surface area contributed by atoms with Crippen molar-refractivity contribution in [3.05, 3.63) is 29.6 Å². The van der Waals surface area contributed by atoms with Gasteiger partial charge in [0.1, 0.15) is 5.82 Å². The second-order valence-corrected chi connectivity index (χ2v) is 5.84. The van der Waals surface area contributed by atoms with Gasteiger partial charge in [-0.3, -0.25) is 0 Å². The van der Waals surface area contributed by atoms with Gasteiger partial charge in [0, 0.05) is 25.3 Å². The van der Waals surface area contributed by atoms with Crippen molar-refractivity contribution >= 4 is 5.69 Å². The summed E-state index contributed by atoms with van der Waals surface area (Å²) in [5, 5.41) is 12.8. The summed E-state index contributed by atoms with van der Waals surface area (Å²) in [4.78, 5) is 1.99. The van der Waals surface area contributed by atoms with Crippen LogP contribution in [0.3, 0.4) is 0 Å². The largest absolute Gasteiger partial charge is 0.394 e. The molecule has 0 aromatic heterocycles. The lowest BCUT2D eigenvalue weighted by Gasteiger charge is -2.37. The van der Waals surface area contributed by atoms with Crippen molar-refractivity contribution in [2.75, 3.05) is 18.6 Å². The van der Waals surface area contributed by atoms with Crippen LogP contribution in [0.25, 0.3) is 0 Å². The first-order valence-corrected chi connectivity index (χ1v) is 6.64. The molecular formula is C15H25FN2O. The maximum atomic E-state index is 13.4. The molecule has 0 unspecified atom stereocenters. The molecule has 0 saturated carbocycles. The average Bonchev–Trinajstić information content (AvgIpc) is 2.35. The summed E-state index contributed by atoms with van der Waals surface area (Å²) >= 11 is 0. The quantitative estimate of drug-likeness (QED) is 0.832. The summed E-state index contributed by atoms with van der Waals surface area (Å²) in [5.74, 6) is -0.237. The molecule has 3 nitrogen and oxygen atoms in total. The predicted molar refractivity (Wildman–Crippen MR) is 77.9 cm³/mol. The van der Waals surface area contributed by atoms with Gasteiger partial charge in [0.2, 0.25) is 0 Å². The van der Waals surface area contributed by atoms with Crippen molar-refractivity contribution in [3.63, 3.8) is 0 Å². The number of nitrogens with one attached hydrogen (secondary N) is 1. The Bertz CT molecular complexity index is 419. The van der Waals surface area contributed by atoms with Crippen LogP contribution in [0, 0.1) is 5.82 Å². The van der Waals surface area contributed by atoms with Gasteiger partial charge in [-0.1, -0.05) is 13.8 Å². The molecule has 0 heterocycles. The topological polar surface area (TPSA) is 35.5 Å². The molecule has 1 aromatic rings. The molecule has 0 amide bonds. The van der Waals surface area contributed by atoms with Crippen LogP contribution in [0.2, 0.25) is 0 Å². The fourth-order valence-corrected chi connectivity index (χ4v) is 1.77. The van der Waals surface area contributed by atoms with E-state index in [4.69, 9.17) is 0 Å². The van der Waals surface area contributed by atoms with E-state index in [1.807, 2.05) is 25.8 Å². The van der Waals surface area contributed by atoms with E-state index in [9.17, 15) is 9.50 Å². The predicted octanol–water partition coefficient (Wildman–Crippen LogP) is 2.53. The fraction of sp³-hybridized carbons (Fsp3) is 0.600. The molecule has 4 heteroatoms. The number of rotatable bonds is 6. The van der Waals surface area contributed by atoms with Crippen LogP contribution in [0.15, 0.2) is 18.2 Å². The Balaban J connectivity index is 3.05. The normalized spacial score (nSPS) is 12.0. The lowest BCUT2D eigenvalue weighted by atomic mass is 10.0. The molecule has 0 fully saturated rings. The van der Waals surface area contributed by atoms with Crippen LogP contribution in [0.4, 0.5) is 10.1 Å². The van der Waals surface area contributed by atoms with Crippen molar-refractivity contribution in [1.82, 2.24) is 5.32 Å². The average molecular weight is 268 g/mol. The SMILES string of the molecule is CC(C)NCc1cc(F)ccc1N(C)C(C)(C)CO. The minimum absolute atomic E-state index is 0.0396. The van der Waals surface area contributed by atoms with Gasteiger partial charge in [-0.25, -0.2) is 4.39 Å². The smallest absolute Gasteiger partial charge is 0.123 e. The van der Waals surface area contributed by atoms with E-state index in [1.165, 1.54) is 6.07 Å². The molecular weight excluding hydrogens is 243 g/mol. The Morgan fingerprint density at radius 2 is 2.00 bits per heavy atom. The summed E-state index contributed by atoms with van der Waals surface area (Å²) in [7, 11) is 1.92. The van der Waals surface area contributed by atoms with E-state index in [2.05, 4.69) is 19.2 Å². The number of aliphatic hydroxyl groups excluding tert-OH is 1. The zero-order chi connectivity index (χ0) is 14.6.